The number of para-hydroxylation sites is 1. The molecule has 0 fully saturated rings. The van der Waals surface area contributed by atoms with Crippen molar-refractivity contribution in [3.63, 3.8) is 0 Å². The Morgan fingerprint density at radius 3 is 2.79 bits per heavy atom. The minimum Gasteiger partial charge on any atom is -0.326 e. The highest BCUT2D eigenvalue weighted by atomic mass is 35.5. The molecule has 2 nitrogen and oxygen atoms in total. The van der Waals surface area contributed by atoms with Crippen molar-refractivity contribution in [2.24, 2.45) is 0 Å². The number of anilines is 1. The van der Waals surface area contributed by atoms with Crippen molar-refractivity contribution < 1.29 is 4.79 Å². The molecule has 0 saturated carbocycles. The van der Waals surface area contributed by atoms with Gasteiger partial charge in [-0.15, -0.1) is 11.6 Å². The van der Waals surface area contributed by atoms with Crippen molar-refractivity contribution in [2.75, 3.05) is 5.32 Å². The molecular weight excluding hydrogens is 198 g/mol. The van der Waals surface area contributed by atoms with Gasteiger partial charge in [0.25, 0.3) is 0 Å². The van der Waals surface area contributed by atoms with E-state index in [1.807, 2.05) is 31.2 Å². The maximum atomic E-state index is 11.3. The highest BCUT2D eigenvalue weighted by molar-refractivity contribution is 6.17. The van der Waals surface area contributed by atoms with Crippen LogP contribution in [0.25, 0.3) is 0 Å². The number of alkyl halides is 1. The molecule has 0 saturated heterocycles. The van der Waals surface area contributed by atoms with E-state index < -0.39 is 0 Å². The fraction of sp³-hybridized carbons (Fsp3) is 0.364. The number of hydrogen-bond acceptors (Lipinski definition) is 1. The average molecular weight is 212 g/mol. The van der Waals surface area contributed by atoms with Gasteiger partial charge in [-0.25, -0.2) is 0 Å². The van der Waals surface area contributed by atoms with E-state index in [2.05, 4.69) is 5.32 Å². The van der Waals surface area contributed by atoms with E-state index in [0.29, 0.717) is 12.3 Å². The van der Waals surface area contributed by atoms with Crippen LogP contribution >= 0.6 is 11.6 Å². The van der Waals surface area contributed by atoms with Gasteiger partial charge in [0.15, 0.2) is 0 Å². The van der Waals surface area contributed by atoms with Gasteiger partial charge in [-0.2, -0.15) is 0 Å². The summed E-state index contributed by atoms with van der Waals surface area (Å²) in [4.78, 5) is 11.3. The Labute approximate surface area is 89.3 Å². The van der Waals surface area contributed by atoms with Crippen LogP contribution in [0.1, 0.15) is 25.3 Å². The molecule has 0 aliphatic heterocycles. The largest absolute Gasteiger partial charge is 0.326 e. The Hall–Kier alpha value is -1.02. The predicted molar refractivity (Wildman–Crippen MR) is 59.5 cm³/mol. The summed E-state index contributed by atoms with van der Waals surface area (Å²) in [6.45, 7) is 1.98. The van der Waals surface area contributed by atoms with E-state index in [0.717, 1.165) is 17.7 Å². The Balaban J connectivity index is 2.70. The van der Waals surface area contributed by atoms with Crippen molar-refractivity contribution in [1.29, 1.82) is 0 Å². The summed E-state index contributed by atoms with van der Waals surface area (Å²) in [7, 11) is 0. The SMILES string of the molecule is CCCC(=O)Nc1ccccc1CCl. The third kappa shape index (κ3) is 3.04. The monoisotopic (exact) mass is 211 g/mol. The van der Waals surface area contributed by atoms with Crippen LogP contribution in [0.2, 0.25) is 0 Å². The molecule has 0 atom stereocenters. The molecule has 1 N–H and O–H groups in total. The molecule has 0 spiro atoms. The summed E-state index contributed by atoms with van der Waals surface area (Å²) in [5, 5.41) is 2.84. The Morgan fingerprint density at radius 2 is 2.14 bits per heavy atom. The van der Waals surface area contributed by atoms with Crippen molar-refractivity contribution in [1.82, 2.24) is 0 Å². The maximum absolute atomic E-state index is 11.3. The predicted octanol–water partition coefficient (Wildman–Crippen LogP) is 3.16. The molecule has 0 heterocycles. The van der Waals surface area contributed by atoms with Gasteiger partial charge < -0.3 is 5.32 Å². The minimum absolute atomic E-state index is 0.0464. The Kier molecular flexibility index (Phi) is 4.47. The zero-order valence-corrected chi connectivity index (χ0v) is 8.97. The smallest absolute Gasteiger partial charge is 0.224 e. The first-order chi connectivity index (χ1) is 6.77. The van der Waals surface area contributed by atoms with Crippen molar-refractivity contribution in [3.8, 4) is 0 Å². The molecule has 0 unspecified atom stereocenters. The molecule has 0 bridgehead atoms. The molecule has 1 aromatic rings. The van der Waals surface area contributed by atoms with E-state index >= 15 is 0 Å². The van der Waals surface area contributed by atoms with Crippen LogP contribution in [-0.4, -0.2) is 5.91 Å². The molecule has 0 aliphatic rings. The topological polar surface area (TPSA) is 29.1 Å². The number of carbonyl (C=O) groups excluding carboxylic acids is 1. The fourth-order valence-corrected chi connectivity index (χ4v) is 1.43. The minimum atomic E-state index is 0.0464. The second kappa shape index (κ2) is 5.66. The quantitative estimate of drug-likeness (QED) is 0.762. The second-order valence-electron chi connectivity index (χ2n) is 3.09. The first-order valence-electron chi connectivity index (χ1n) is 4.71. The zero-order valence-electron chi connectivity index (χ0n) is 8.22. The lowest BCUT2D eigenvalue weighted by atomic mass is 10.2. The normalized spacial score (nSPS) is 9.86. The van der Waals surface area contributed by atoms with E-state index in [-0.39, 0.29) is 5.91 Å². The van der Waals surface area contributed by atoms with Crippen LogP contribution < -0.4 is 5.32 Å². The lowest BCUT2D eigenvalue weighted by Gasteiger charge is -2.07. The van der Waals surface area contributed by atoms with Gasteiger partial charge in [-0.05, 0) is 18.1 Å². The first kappa shape index (κ1) is 11.1. The molecule has 1 amide bonds. The van der Waals surface area contributed by atoms with Crippen LogP contribution in [0.3, 0.4) is 0 Å². The third-order valence-electron chi connectivity index (χ3n) is 1.91. The molecule has 1 rings (SSSR count). The highest BCUT2D eigenvalue weighted by Gasteiger charge is 2.03. The lowest BCUT2D eigenvalue weighted by molar-refractivity contribution is -0.116. The van der Waals surface area contributed by atoms with Crippen molar-refractivity contribution >= 4 is 23.2 Å². The molecule has 76 valence electrons. The summed E-state index contributed by atoms with van der Waals surface area (Å²) in [6.07, 6.45) is 1.41. The summed E-state index contributed by atoms with van der Waals surface area (Å²) < 4.78 is 0. The van der Waals surface area contributed by atoms with E-state index in [1.165, 1.54) is 0 Å². The van der Waals surface area contributed by atoms with Gasteiger partial charge in [0.1, 0.15) is 0 Å². The molecule has 0 aromatic heterocycles. The van der Waals surface area contributed by atoms with Gasteiger partial charge in [-0.3, -0.25) is 4.79 Å². The average Bonchev–Trinajstić information content (AvgIpc) is 2.19. The van der Waals surface area contributed by atoms with Gasteiger partial charge in [0, 0.05) is 18.0 Å². The molecule has 14 heavy (non-hydrogen) atoms. The second-order valence-corrected chi connectivity index (χ2v) is 3.36. The number of benzene rings is 1. The molecule has 0 radical (unpaired) electrons. The van der Waals surface area contributed by atoms with Crippen LogP contribution in [0.15, 0.2) is 24.3 Å². The summed E-state index contributed by atoms with van der Waals surface area (Å²) in [5.41, 5.74) is 1.78. The maximum Gasteiger partial charge on any atom is 0.224 e. The number of carbonyl (C=O) groups is 1. The third-order valence-corrected chi connectivity index (χ3v) is 2.20. The fourth-order valence-electron chi connectivity index (χ4n) is 1.20. The standard InChI is InChI=1S/C11H14ClNO/c1-2-5-11(14)13-10-7-4-3-6-9(10)8-12/h3-4,6-7H,2,5,8H2,1H3,(H,13,14). The Morgan fingerprint density at radius 1 is 1.43 bits per heavy atom. The lowest BCUT2D eigenvalue weighted by Crippen LogP contribution is -2.11. The van der Waals surface area contributed by atoms with Crippen LogP contribution in [0.4, 0.5) is 5.69 Å². The van der Waals surface area contributed by atoms with E-state index in [4.69, 9.17) is 11.6 Å². The van der Waals surface area contributed by atoms with Crippen LogP contribution in [0, 0.1) is 0 Å². The highest BCUT2D eigenvalue weighted by Crippen LogP contribution is 2.17. The zero-order chi connectivity index (χ0) is 10.4. The summed E-state index contributed by atoms with van der Waals surface area (Å²) >= 11 is 5.74. The van der Waals surface area contributed by atoms with Gasteiger partial charge >= 0.3 is 0 Å². The summed E-state index contributed by atoms with van der Waals surface area (Å²) in [6, 6.07) is 7.57. The van der Waals surface area contributed by atoms with Gasteiger partial charge in [-0.1, -0.05) is 25.1 Å². The number of rotatable bonds is 4. The van der Waals surface area contributed by atoms with Gasteiger partial charge in [0.2, 0.25) is 5.91 Å². The number of hydrogen-bond donors (Lipinski definition) is 1. The number of amides is 1. The van der Waals surface area contributed by atoms with E-state index in [1.54, 1.807) is 0 Å². The summed E-state index contributed by atoms with van der Waals surface area (Å²) in [5.74, 6) is 0.466. The first-order valence-corrected chi connectivity index (χ1v) is 5.25. The van der Waals surface area contributed by atoms with Crippen LogP contribution in [0.5, 0.6) is 0 Å². The van der Waals surface area contributed by atoms with Crippen LogP contribution in [-0.2, 0) is 10.7 Å². The molecule has 1 aromatic carbocycles. The number of halogens is 1. The van der Waals surface area contributed by atoms with Gasteiger partial charge in [0.05, 0.1) is 0 Å². The molecular formula is C11H14ClNO. The number of nitrogens with one attached hydrogen (secondary N) is 1. The Bertz CT molecular complexity index is 312. The molecule has 3 heteroatoms. The molecule has 0 aliphatic carbocycles. The van der Waals surface area contributed by atoms with Crippen molar-refractivity contribution in [3.05, 3.63) is 29.8 Å². The van der Waals surface area contributed by atoms with Crippen molar-refractivity contribution in [2.45, 2.75) is 25.6 Å². The van der Waals surface area contributed by atoms with E-state index in [9.17, 15) is 4.79 Å².